The zero-order valence-electron chi connectivity index (χ0n) is 11.7. The molecule has 0 spiro atoms. The molecule has 0 radical (unpaired) electrons. The number of carbonyl (C=O) groups excluding carboxylic acids is 1. The van der Waals surface area contributed by atoms with Gasteiger partial charge >= 0.3 is 11.9 Å². The van der Waals surface area contributed by atoms with Crippen molar-refractivity contribution in [2.45, 2.75) is 38.0 Å². The molecule has 1 aromatic carbocycles. The van der Waals surface area contributed by atoms with Crippen molar-refractivity contribution < 1.29 is 19.4 Å². The van der Waals surface area contributed by atoms with Crippen LogP contribution in [0.15, 0.2) is 24.3 Å². The second-order valence-corrected chi connectivity index (χ2v) is 5.39. The van der Waals surface area contributed by atoms with Crippen molar-refractivity contribution in [2.75, 3.05) is 7.11 Å². The molecule has 0 aliphatic heterocycles. The molecule has 1 aliphatic rings. The minimum atomic E-state index is -0.957. The Hall–Kier alpha value is -1.84. The lowest BCUT2D eigenvalue weighted by Crippen LogP contribution is -2.17. The molecule has 1 fully saturated rings. The molecule has 0 bridgehead atoms. The van der Waals surface area contributed by atoms with E-state index in [1.165, 1.54) is 32.8 Å². The molecule has 1 unspecified atom stereocenters. The van der Waals surface area contributed by atoms with Gasteiger partial charge in [-0.3, -0.25) is 4.79 Å². The molecule has 1 saturated carbocycles. The summed E-state index contributed by atoms with van der Waals surface area (Å²) in [5.74, 6) is -0.911. The third-order valence-electron chi connectivity index (χ3n) is 4.09. The number of benzene rings is 1. The van der Waals surface area contributed by atoms with E-state index in [0.717, 1.165) is 12.0 Å². The molecule has 4 heteroatoms. The van der Waals surface area contributed by atoms with Crippen LogP contribution in [0.2, 0.25) is 0 Å². The highest BCUT2D eigenvalue weighted by molar-refractivity contribution is 5.88. The lowest BCUT2D eigenvalue weighted by molar-refractivity contribution is -0.142. The van der Waals surface area contributed by atoms with Crippen LogP contribution in [0.3, 0.4) is 0 Å². The third kappa shape index (κ3) is 3.38. The lowest BCUT2D eigenvalue weighted by Gasteiger charge is -2.19. The number of carboxylic acids is 1. The van der Waals surface area contributed by atoms with Crippen molar-refractivity contribution in [1.29, 1.82) is 0 Å². The van der Waals surface area contributed by atoms with Gasteiger partial charge in [-0.1, -0.05) is 37.8 Å². The maximum Gasteiger partial charge on any atom is 0.335 e. The zero-order chi connectivity index (χ0) is 14.5. The first-order valence-electron chi connectivity index (χ1n) is 7.03. The number of methoxy groups -OCH3 is 1. The second kappa shape index (κ2) is 6.55. The summed E-state index contributed by atoms with van der Waals surface area (Å²) in [6.07, 6.45) is 5.59. The minimum Gasteiger partial charge on any atom is -0.478 e. The van der Waals surface area contributed by atoms with Crippen LogP contribution in [0, 0.1) is 5.92 Å². The van der Waals surface area contributed by atoms with Crippen LogP contribution >= 0.6 is 0 Å². The highest BCUT2D eigenvalue weighted by Crippen LogP contribution is 2.34. The highest BCUT2D eigenvalue weighted by Gasteiger charge is 2.27. The monoisotopic (exact) mass is 276 g/mol. The Bertz CT molecular complexity index is 472. The predicted molar refractivity (Wildman–Crippen MR) is 74.7 cm³/mol. The number of hydrogen-bond donors (Lipinski definition) is 1. The van der Waals surface area contributed by atoms with Gasteiger partial charge in [0.2, 0.25) is 0 Å². The second-order valence-electron chi connectivity index (χ2n) is 5.39. The van der Waals surface area contributed by atoms with Crippen LogP contribution in [0.1, 0.15) is 53.9 Å². The summed E-state index contributed by atoms with van der Waals surface area (Å²) in [5.41, 5.74) is 1.08. The van der Waals surface area contributed by atoms with E-state index in [1.807, 2.05) is 0 Å². The van der Waals surface area contributed by atoms with Gasteiger partial charge in [0, 0.05) is 0 Å². The zero-order valence-corrected chi connectivity index (χ0v) is 11.7. The molecule has 1 aliphatic carbocycles. The van der Waals surface area contributed by atoms with E-state index in [9.17, 15) is 9.59 Å². The number of hydrogen-bond acceptors (Lipinski definition) is 3. The van der Waals surface area contributed by atoms with E-state index in [2.05, 4.69) is 0 Å². The Balaban J connectivity index is 2.16. The largest absolute Gasteiger partial charge is 0.478 e. The fraction of sp³-hybridized carbons (Fsp3) is 0.500. The molecule has 1 atom stereocenters. The number of esters is 1. The number of carbonyl (C=O) groups is 2. The Morgan fingerprint density at radius 2 is 1.85 bits per heavy atom. The molecule has 1 N–H and O–H groups in total. The SMILES string of the molecule is COC(=O)C(CC1CCCC1)c1ccc(C(=O)O)cc1. The summed E-state index contributed by atoms with van der Waals surface area (Å²) < 4.78 is 4.90. The molecule has 0 amide bonds. The molecular weight excluding hydrogens is 256 g/mol. The molecule has 108 valence electrons. The van der Waals surface area contributed by atoms with Gasteiger partial charge in [0.25, 0.3) is 0 Å². The van der Waals surface area contributed by atoms with Gasteiger partial charge in [0.05, 0.1) is 18.6 Å². The maximum absolute atomic E-state index is 12.0. The summed E-state index contributed by atoms with van der Waals surface area (Å²) in [5, 5.41) is 8.91. The Morgan fingerprint density at radius 1 is 1.25 bits per heavy atom. The molecule has 1 aromatic rings. The van der Waals surface area contributed by atoms with Gasteiger partial charge in [0.15, 0.2) is 0 Å². The number of ether oxygens (including phenoxy) is 1. The number of carboxylic acid groups (broad SMARTS) is 1. The van der Waals surface area contributed by atoms with Gasteiger partial charge in [-0.15, -0.1) is 0 Å². The average molecular weight is 276 g/mol. The van der Waals surface area contributed by atoms with Crippen LogP contribution in [0.25, 0.3) is 0 Å². The van der Waals surface area contributed by atoms with E-state index in [4.69, 9.17) is 9.84 Å². The van der Waals surface area contributed by atoms with E-state index in [0.29, 0.717) is 5.92 Å². The van der Waals surface area contributed by atoms with Crippen LogP contribution in [-0.4, -0.2) is 24.2 Å². The summed E-state index contributed by atoms with van der Waals surface area (Å²) >= 11 is 0. The van der Waals surface area contributed by atoms with Crippen molar-refractivity contribution in [3.8, 4) is 0 Å². The predicted octanol–water partition coefficient (Wildman–Crippen LogP) is 3.22. The summed E-state index contributed by atoms with van der Waals surface area (Å²) in [4.78, 5) is 22.8. The summed E-state index contributed by atoms with van der Waals surface area (Å²) in [7, 11) is 1.40. The van der Waals surface area contributed by atoms with Crippen LogP contribution in [0.5, 0.6) is 0 Å². The van der Waals surface area contributed by atoms with Crippen molar-refractivity contribution in [3.05, 3.63) is 35.4 Å². The Morgan fingerprint density at radius 3 is 2.35 bits per heavy atom. The third-order valence-corrected chi connectivity index (χ3v) is 4.09. The van der Waals surface area contributed by atoms with Crippen LogP contribution < -0.4 is 0 Å². The normalized spacial score (nSPS) is 16.9. The minimum absolute atomic E-state index is 0.234. The molecule has 0 aromatic heterocycles. The van der Waals surface area contributed by atoms with Gasteiger partial charge in [0.1, 0.15) is 0 Å². The summed E-state index contributed by atoms with van der Waals surface area (Å²) in [6, 6.07) is 6.53. The van der Waals surface area contributed by atoms with E-state index in [-0.39, 0.29) is 17.5 Å². The van der Waals surface area contributed by atoms with Gasteiger partial charge in [-0.25, -0.2) is 4.79 Å². The van der Waals surface area contributed by atoms with E-state index < -0.39 is 5.97 Å². The molecular formula is C16H20O4. The van der Waals surface area contributed by atoms with Gasteiger partial charge in [-0.2, -0.15) is 0 Å². The number of rotatable bonds is 5. The molecule has 0 heterocycles. The van der Waals surface area contributed by atoms with Gasteiger partial charge in [-0.05, 0) is 30.0 Å². The standard InChI is InChI=1S/C16H20O4/c1-20-16(19)14(10-11-4-2-3-5-11)12-6-8-13(9-7-12)15(17)18/h6-9,11,14H,2-5,10H2,1H3,(H,17,18). The first-order chi connectivity index (χ1) is 9.61. The van der Waals surface area contributed by atoms with Crippen LogP contribution in [-0.2, 0) is 9.53 Å². The summed E-state index contributed by atoms with van der Waals surface area (Å²) in [6.45, 7) is 0. The Kier molecular flexibility index (Phi) is 4.77. The fourth-order valence-electron chi connectivity index (χ4n) is 2.95. The smallest absolute Gasteiger partial charge is 0.335 e. The molecule has 20 heavy (non-hydrogen) atoms. The van der Waals surface area contributed by atoms with Gasteiger partial charge < -0.3 is 9.84 Å². The molecule has 4 nitrogen and oxygen atoms in total. The number of aromatic carboxylic acids is 1. The lowest BCUT2D eigenvalue weighted by atomic mass is 9.87. The van der Waals surface area contributed by atoms with Crippen molar-refractivity contribution in [1.82, 2.24) is 0 Å². The van der Waals surface area contributed by atoms with E-state index in [1.54, 1.807) is 24.3 Å². The maximum atomic E-state index is 12.0. The average Bonchev–Trinajstić information content (AvgIpc) is 2.97. The first-order valence-corrected chi connectivity index (χ1v) is 7.03. The Labute approximate surface area is 118 Å². The topological polar surface area (TPSA) is 63.6 Å². The van der Waals surface area contributed by atoms with Crippen molar-refractivity contribution >= 4 is 11.9 Å². The van der Waals surface area contributed by atoms with Crippen LogP contribution in [0.4, 0.5) is 0 Å². The van der Waals surface area contributed by atoms with E-state index >= 15 is 0 Å². The molecule has 0 saturated heterocycles. The fourth-order valence-corrected chi connectivity index (χ4v) is 2.95. The highest BCUT2D eigenvalue weighted by atomic mass is 16.5. The van der Waals surface area contributed by atoms with Crippen molar-refractivity contribution in [2.24, 2.45) is 5.92 Å². The molecule has 2 rings (SSSR count). The first kappa shape index (κ1) is 14.6. The van der Waals surface area contributed by atoms with Crippen molar-refractivity contribution in [3.63, 3.8) is 0 Å². The quantitative estimate of drug-likeness (QED) is 0.839.